The Morgan fingerprint density at radius 3 is 2.61 bits per heavy atom. The van der Waals surface area contributed by atoms with Crippen molar-refractivity contribution < 1.29 is 27.2 Å². The highest BCUT2D eigenvalue weighted by atomic mass is 19.4. The van der Waals surface area contributed by atoms with Gasteiger partial charge in [0.25, 0.3) is 0 Å². The standard InChI is InChI=1S/C14H15F4N3O2/c1-19-12(22)8-4-5-21(7-8)13(23)20-11-6-9(14(16,17)18)2-3-10(11)15/h2-3,6,8H,4-5,7H2,1H3,(H,19,22)(H,20,23)/t8-/m0/s1. The zero-order chi connectivity index (χ0) is 17.2. The van der Waals surface area contributed by atoms with Gasteiger partial charge in [0.1, 0.15) is 5.82 Å². The molecule has 2 N–H and O–H groups in total. The molecule has 5 nitrogen and oxygen atoms in total. The third-order valence-corrected chi connectivity index (χ3v) is 3.63. The van der Waals surface area contributed by atoms with E-state index in [4.69, 9.17) is 0 Å². The zero-order valence-electron chi connectivity index (χ0n) is 12.2. The summed E-state index contributed by atoms with van der Waals surface area (Å²) in [4.78, 5) is 24.8. The average Bonchev–Trinajstić information content (AvgIpc) is 2.97. The number of carbonyl (C=O) groups excluding carboxylic acids is 2. The molecule has 23 heavy (non-hydrogen) atoms. The van der Waals surface area contributed by atoms with Gasteiger partial charge < -0.3 is 15.5 Å². The predicted octanol–water partition coefficient (Wildman–Crippen LogP) is 2.44. The van der Waals surface area contributed by atoms with Gasteiger partial charge in [0.05, 0.1) is 17.2 Å². The maximum absolute atomic E-state index is 13.6. The Morgan fingerprint density at radius 1 is 1.30 bits per heavy atom. The minimum atomic E-state index is -4.63. The van der Waals surface area contributed by atoms with Gasteiger partial charge in [-0.2, -0.15) is 13.2 Å². The van der Waals surface area contributed by atoms with Gasteiger partial charge in [0.15, 0.2) is 0 Å². The average molecular weight is 333 g/mol. The molecule has 1 saturated heterocycles. The minimum absolute atomic E-state index is 0.131. The van der Waals surface area contributed by atoms with Crippen molar-refractivity contribution in [2.24, 2.45) is 5.92 Å². The van der Waals surface area contributed by atoms with E-state index < -0.39 is 29.3 Å². The maximum atomic E-state index is 13.6. The van der Waals surface area contributed by atoms with Crippen LogP contribution in [0.3, 0.4) is 0 Å². The van der Waals surface area contributed by atoms with E-state index in [1.54, 1.807) is 0 Å². The van der Waals surface area contributed by atoms with Gasteiger partial charge in [-0.15, -0.1) is 0 Å². The van der Waals surface area contributed by atoms with Crippen LogP contribution in [0.2, 0.25) is 0 Å². The molecule has 0 radical (unpaired) electrons. The molecule has 1 aromatic rings. The lowest BCUT2D eigenvalue weighted by Crippen LogP contribution is -2.35. The monoisotopic (exact) mass is 333 g/mol. The molecule has 1 aliphatic rings. The van der Waals surface area contributed by atoms with Crippen LogP contribution in [0, 0.1) is 11.7 Å². The van der Waals surface area contributed by atoms with Crippen molar-refractivity contribution in [1.29, 1.82) is 0 Å². The van der Waals surface area contributed by atoms with Crippen LogP contribution in [-0.2, 0) is 11.0 Å². The molecule has 0 spiro atoms. The molecule has 1 atom stereocenters. The van der Waals surface area contributed by atoms with Crippen molar-refractivity contribution in [2.75, 3.05) is 25.5 Å². The summed E-state index contributed by atoms with van der Waals surface area (Å²) < 4.78 is 51.5. The fourth-order valence-electron chi connectivity index (χ4n) is 2.35. The minimum Gasteiger partial charge on any atom is -0.359 e. The Hall–Kier alpha value is -2.32. The summed E-state index contributed by atoms with van der Waals surface area (Å²) >= 11 is 0. The maximum Gasteiger partial charge on any atom is 0.416 e. The fourth-order valence-corrected chi connectivity index (χ4v) is 2.35. The number of carbonyl (C=O) groups is 2. The quantitative estimate of drug-likeness (QED) is 0.817. The zero-order valence-corrected chi connectivity index (χ0v) is 12.2. The first kappa shape index (κ1) is 17.0. The second-order valence-corrected chi connectivity index (χ2v) is 5.17. The number of halogens is 4. The fraction of sp³-hybridized carbons (Fsp3) is 0.429. The molecule has 0 unspecified atom stereocenters. The number of hydrogen-bond acceptors (Lipinski definition) is 2. The Morgan fingerprint density at radius 2 is 2.00 bits per heavy atom. The van der Waals surface area contributed by atoms with E-state index in [9.17, 15) is 27.2 Å². The first-order chi connectivity index (χ1) is 10.7. The number of likely N-dealkylation sites (tertiary alicyclic amines) is 1. The van der Waals surface area contributed by atoms with E-state index in [1.165, 1.54) is 11.9 Å². The van der Waals surface area contributed by atoms with Crippen LogP contribution >= 0.6 is 0 Å². The number of rotatable bonds is 2. The number of urea groups is 1. The highest BCUT2D eigenvalue weighted by molar-refractivity contribution is 5.90. The SMILES string of the molecule is CNC(=O)[C@H]1CCN(C(=O)Nc2cc(C(F)(F)F)ccc2F)C1. The molecule has 2 rings (SSSR count). The lowest BCUT2D eigenvalue weighted by atomic mass is 10.1. The molecule has 0 aromatic heterocycles. The molecule has 1 fully saturated rings. The Kier molecular flexibility index (Phi) is 4.76. The summed E-state index contributed by atoms with van der Waals surface area (Å²) in [5.41, 5.74) is -1.60. The largest absolute Gasteiger partial charge is 0.416 e. The summed E-state index contributed by atoms with van der Waals surface area (Å²) in [7, 11) is 1.48. The predicted molar refractivity (Wildman–Crippen MR) is 74.2 cm³/mol. The highest BCUT2D eigenvalue weighted by Gasteiger charge is 2.33. The van der Waals surface area contributed by atoms with E-state index in [0.29, 0.717) is 24.6 Å². The van der Waals surface area contributed by atoms with E-state index >= 15 is 0 Å². The first-order valence-corrected chi connectivity index (χ1v) is 6.86. The normalized spacial score (nSPS) is 18.0. The van der Waals surface area contributed by atoms with Crippen LogP contribution < -0.4 is 10.6 Å². The van der Waals surface area contributed by atoms with Gasteiger partial charge in [0, 0.05) is 20.1 Å². The third kappa shape index (κ3) is 3.91. The van der Waals surface area contributed by atoms with Crippen molar-refractivity contribution in [1.82, 2.24) is 10.2 Å². The van der Waals surface area contributed by atoms with Crippen molar-refractivity contribution in [2.45, 2.75) is 12.6 Å². The van der Waals surface area contributed by atoms with Crippen LogP contribution in [0.1, 0.15) is 12.0 Å². The molecule has 3 amide bonds. The summed E-state index contributed by atoms with van der Waals surface area (Å²) in [5, 5.41) is 4.59. The number of alkyl halides is 3. The molecule has 1 aliphatic heterocycles. The van der Waals surface area contributed by atoms with Crippen LogP contribution in [0.4, 0.5) is 28.0 Å². The Labute approximate surface area is 129 Å². The topological polar surface area (TPSA) is 61.4 Å². The summed E-state index contributed by atoms with van der Waals surface area (Å²) in [6.07, 6.45) is -4.19. The van der Waals surface area contributed by atoms with Crippen molar-refractivity contribution in [3.8, 4) is 0 Å². The number of nitrogens with zero attached hydrogens (tertiary/aromatic N) is 1. The molecular weight excluding hydrogens is 318 g/mol. The van der Waals surface area contributed by atoms with E-state index in [2.05, 4.69) is 10.6 Å². The Bertz CT molecular complexity index is 619. The van der Waals surface area contributed by atoms with Gasteiger partial charge >= 0.3 is 12.2 Å². The van der Waals surface area contributed by atoms with Crippen molar-refractivity contribution in [3.63, 3.8) is 0 Å². The lowest BCUT2D eigenvalue weighted by molar-refractivity contribution is -0.137. The van der Waals surface area contributed by atoms with Gasteiger partial charge in [-0.3, -0.25) is 4.79 Å². The van der Waals surface area contributed by atoms with E-state index in [1.807, 2.05) is 0 Å². The van der Waals surface area contributed by atoms with E-state index in [0.717, 1.165) is 0 Å². The molecular formula is C14H15F4N3O2. The second-order valence-electron chi connectivity index (χ2n) is 5.17. The highest BCUT2D eigenvalue weighted by Crippen LogP contribution is 2.32. The summed E-state index contributed by atoms with van der Waals surface area (Å²) in [5.74, 6) is -1.56. The number of hydrogen-bond donors (Lipinski definition) is 2. The molecule has 0 aliphatic carbocycles. The molecule has 0 bridgehead atoms. The van der Waals surface area contributed by atoms with Gasteiger partial charge in [-0.25, -0.2) is 9.18 Å². The van der Waals surface area contributed by atoms with Crippen molar-refractivity contribution >= 4 is 17.6 Å². The van der Waals surface area contributed by atoms with Crippen LogP contribution in [-0.4, -0.2) is 37.0 Å². The summed E-state index contributed by atoms with van der Waals surface area (Å²) in [6.45, 7) is 0.399. The number of anilines is 1. The molecule has 9 heteroatoms. The molecule has 0 saturated carbocycles. The first-order valence-electron chi connectivity index (χ1n) is 6.86. The van der Waals surface area contributed by atoms with Gasteiger partial charge in [-0.05, 0) is 24.6 Å². The van der Waals surface area contributed by atoms with Crippen molar-refractivity contribution in [3.05, 3.63) is 29.6 Å². The van der Waals surface area contributed by atoms with Gasteiger partial charge in [0.2, 0.25) is 5.91 Å². The second kappa shape index (κ2) is 6.43. The number of amides is 3. The van der Waals surface area contributed by atoms with Gasteiger partial charge in [-0.1, -0.05) is 0 Å². The third-order valence-electron chi connectivity index (χ3n) is 3.63. The van der Waals surface area contributed by atoms with Crippen LogP contribution in [0.25, 0.3) is 0 Å². The molecule has 1 aromatic carbocycles. The number of benzene rings is 1. The van der Waals surface area contributed by atoms with Crippen LogP contribution in [0.15, 0.2) is 18.2 Å². The molecule has 1 heterocycles. The summed E-state index contributed by atoms with van der Waals surface area (Å²) in [6, 6.07) is 1.05. The van der Waals surface area contributed by atoms with Crippen LogP contribution in [0.5, 0.6) is 0 Å². The smallest absolute Gasteiger partial charge is 0.359 e. The Balaban J connectivity index is 2.08. The van der Waals surface area contributed by atoms with E-state index in [-0.39, 0.29) is 24.9 Å². The lowest BCUT2D eigenvalue weighted by Gasteiger charge is -2.18. The molecule has 126 valence electrons. The number of nitrogens with one attached hydrogen (secondary N) is 2.